The quantitative estimate of drug-likeness (QED) is 0.463. The molecule has 2 aliphatic rings. The summed E-state index contributed by atoms with van der Waals surface area (Å²) in [6, 6.07) is 6.46. The van der Waals surface area contributed by atoms with Crippen LogP contribution in [0.25, 0.3) is 0 Å². The molecule has 168 valence electrons. The monoisotopic (exact) mass is 486 g/mol. The third-order valence-corrected chi connectivity index (χ3v) is 6.66. The summed E-state index contributed by atoms with van der Waals surface area (Å²) in [5.74, 6) is 0.844. The zero-order valence-corrected chi connectivity index (χ0v) is 20.0. The minimum Gasteiger partial charge on any atom is -0.490 e. The van der Waals surface area contributed by atoms with Crippen LogP contribution in [0.2, 0.25) is 15.1 Å². The van der Waals surface area contributed by atoms with Crippen molar-refractivity contribution >= 4 is 40.5 Å². The smallest absolute Gasteiger partial charge is 0.156 e. The Hall–Kier alpha value is -1.40. The Balaban J connectivity index is 1.29. The van der Waals surface area contributed by atoms with Crippen molar-refractivity contribution in [3.8, 4) is 11.5 Å². The molecular formula is C23H26Cl3FN2O2. The van der Waals surface area contributed by atoms with Crippen LogP contribution in [-0.2, 0) is 5.41 Å². The van der Waals surface area contributed by atoms with E-state index in [1.54, 1.807) is 0 Å². The van der Waals surface area contributed by atoms with Crippen LogP contribution in [0.4, 0.5) is 10.1 Å². The Kier molecular flexibility index (Phi) is 6.78. The first-order valence-corrected chi connectivity index (χ1v) is 11.6. The first-order valence-electron chi connectivity index (χ1n) is 10.5. The largest absolute Gasteiger partial charge is 0.490 e. The molecule has 0 saturated carbocycles. The average molecular weight is 488 g/mol. The van der Waals surface area contributed by atoms with Crippen molar-refractivity contribution < 1.29 is 13.9 Å². The number of hydrogen-bond acceptors (Lipinski definition) is 4. The maximum atomic E-state index is 13.3. The van der Waals surface area contributed by atoms with E-state index in [2.05, 4.69) is 23.6 Å². The molecule has 0 spiro atoms. The summed E-state index contributed by atoms with van der Waals surface area (Å²) < 4.78 is 25.0. The van der Waals surface area contributed by atoms with Crippen LogP contribution in [-0.4, -0.2) is 50.8 Å². The van der Waals surface area contributed by atoms with Crippen LogP contribution in [0.3, 0.4) is 0 Å². The predicted octanol–water partition coefficient (Wildman–Crippen LogP) is 6.05. The molecule has 4 rings (SSSR count). The number of ether oxygens (including phenoxy) is 2. The van der Waals surface area contributed by atoms with Crippen LogP contribution in [0.1, 0.15) is 25.8 Å². The molecule has 0 amide bonds. The van der Waals surface area contributed by atoms with Crippen molar-refractivity contribution in [3.63, 3.8) is 0 Å². The summed E-state index contributed by atoms with van der Waals surface area (Å²) in [6.07, 6.45) is 0.827. The van der Waals surface area contributed by atoms with Crippen molar-refractivity contribution in [1.29, 1.82) is 0 Å². The molecule has 2 heterocycles. The number of anilines is 1. The minimum atomic E-state index is -0.473. The Morgan fingerprint density at radius 3 is 2.39 bits per heavy atom. The van der Waals surface area contributed by atoms with E-state index < -0.39 is 5.82 Å². The lowest BCUT2D eigenvalue weighted by Crippen LogP contribution is -2.46. The molecule has 0 bridgehead atoms. The molecule has 2 aromatic carbocycles. The van der Waals surface area contributed by atoms with E-state index in [0.717, 1.165) is 55.6 Å². The van der Waals surface area contributed by atoms with Gasteiger partial charge in [0.05, 0.1) is 28.9 Å². The number of piperazine rings is 1. The van der Waals surface area contributed by atoms with Gasteiger partial charge in [-0.15, -0.1) is 0 Å². The third-order valence-electron chi connectivity index (χ3n) is 5.88. The molecule has 0 N–H and O–H groups in total. The van der Waals surface area contributed by atoms with Crippen molar-refractivity contribution in [2.24, 2.45) is 0 Å². The van der Waals surface area contributed by atoms with Crippen LogP contribution < -0.4 is 14.4 Å². The van der Waals surface area contributed by atoms with Gasteiger partial charge in [0, 0.05) is 48.7 Å². The molecule has 0 aliphatic carbocycles. The maximum absolute atomic E-state index is 13.3. The molecule has 2 aliphatic heterocycles. The van der Waals surface area contributed by atoms with E-state index in [9.17, 15) is 4.39 Å². The molecule has 31 heavy (non-hydrogen) atoms. The van der Waals surface area contributed by atoms with E-state index in [4.69, 9.17) is 44.3 Å². The van der Waals surface area contributed by atoms with E-state index >= 15 is 0 Å². The van der Waals surface area contributed by atoms with Crippen molar-refractivity contribution in [2.45, 2.75) is 25.7 Å². The SMILES string of the molecule is CC1(C)COc2c(N3CCN(CCCOc4c(Cl)cc(F)cc4Cl)CC3)cc(Cl)cc21. The van der Waals surface area contributed by atoms with Gasteiger partial charge in [-0.05, 0) is 30.7 Å². The maximum Gasteiger partial charge on any atom is 0.156 e. The van der Waals surface area contributed by atoms with Crippen molar-refractivity contribution in [2.75, 3.05) is 50.8 Å². The van der Waals surface area contributed by atoms with Crippen LogP contribution in [0.5, 0.6) is 11.5 Å². The number of fused-ring (bicyclic) bond motifs is 1. The highest BCUT2D eigenvalue weighted by molar-refractivity contribution is 6.37. The van der Waals surface area contributed by atoms with Gasteiger partial charge >= 0.3 is 0 Å². The van der Waals surface area contributed by atoms with E-state index in [-0.39, 0.29) is 15.5 Å². The number of nitrogens with zero attached hydrogens (tertiary/aromatic N) is 2. The topological polar surface area (TPSA) is 24.9 Å². The van der Waals surface area contributed by atoms with Gasteiger partial charge in [-0.25, -0.2) is 4.39 Å². The van der Waals surface area contributed by atoms with E-state index in [1.165, 1.54) is 17.7 Å². The summed E-state index contributed by atoms with van der Waals surface area (Å²) in [5, 5.41) is 1.14. The lowest BCUT2D eigenvalue weighted by Gasteiger charge is -2.36. The lowest BCUT2D eigenvalue weighted by molar-refractivity contribution is 0.224. The molecular weight excluding hydrogens is 462 g/mol. The van der Waals surface area contributed by atoms with E-state index in [0.29, 0.717) is 19.0 Å². The van der Waals surface area contributed by atoms with E-state index in [1.807, 2.05) is 12.1 Å². The molecule has 0 aromatic heterocycles. The summed E-state index contributed by atoms with van der Waals surface area (Å²) >= 11 is 18.5. The molecule has 8 heteroatoms. The molecule has 4 nitrogen and oxygen atoms in total. The zero-order chi connectivity index (χ0) is 22.2. The molecule has 0 atom stereocenters. The Morgan fingerprint density at radius 1 is 1.03 bits per heavy atom. The fourth-order valence-corrected chi connectivity index (χ4v) is 4.92. The van der Waals surface area contributed by atoms with Gasteiger partial charge in [-0.1, -0.05) is 48.7 Å². The second-order valence-electron chi connectivity index (χ2n) is 8.70. The van der Waals surface area contributed by atoms with Gasteiger partial charge in [-0.2, -0.15) is 0 Å². The highest BCUT2D eigenvalue weighted by atomic mass is 35.5. The molecule has 0 radical (unpaired) electrons. The van der Waals surface area contributed by atoms with Gasteiger partial charge < -0.3 is 14.4 Å². The molecule has 1 fully saturated rings. The number of hydrogen-bond donors (Lipinski definition) is 0. The highest BCUT2D eigenvalue weighted by Crippen LogP contribution is 2.46. The highest BCUT2D eigenvalue weighted by Gasteiger charge is 2.35. The van der Waals surface area contributed by atoms with Gasteiger partial charge in [0.25, 0.3) is 0 Å². The first kappa shape index (κ1) is 22.8. The van der Waals surface area contributed by atoms with Crippen LogP contribution in [0.15, 0.2) is 24.3 Å². The van der Waals surface area contributed by atoms with Crippen LogP contribution in [0, 0.1) is 5.82 Å². The van der Waals surface area contributed by atoms with Crippen LogP contribution >= 0.6 is 34.8 Å². The van der Waals surface area contributed by atoms with Gasteiger partial charge in [0.1, 0.15) is 11.6 Å². The molecule has 2 aromatic rings. The molecule has 0 unspecified atom stereocenters. The average Bonchev–Trinajstić information content (AvgIpc) is 3.01. The van der Waals surface area contributed by atoms with Crippen molar-refractivity contribution in [1.82, 2.24) is 4.90 Å². The van der Waals surface area contributed by atoms with Gasteiger partial charge in [0.2, 0.25) is 0 Å². The minimum absolute atomic E-state index is 0.0207. The zero-order valence-electron chi connectivity index (χ0n) is 17.7. The number of rotatable bonds is 6. The fraction of sp³-hybridized carbons (Fsp3) is 0.478. The first-order chi connectivity index (χ1) is 14.7. The third kappa shape index (κ3) is 5.00. The van der Waals surface area contributed by atoms with Crippen molar-refractivity contribution in [3.05, 3.63) is 50.7 Å². The Labute approximate surface area is 197 Å². The second kappa shape index (κ2) is 9.22. The summed E-state index contributed by atoms with van der Waals surface area (Å²) in [7, 11) is 0. The lowest BCUT2D eigenvalue weighted by atomic mass is 9.86. The Morgan fingerprint density at radius 2 is 1.71 bits per heavy atom. The molecule has 1 saturated heterocycles. The fourth-order valence-electron chi connectivity index (χ4n) is 4.14. The second-order valence-corrected chi connectivity index (χ2v) is 9.95. The Bertz CT molecular complexity index is 939. The predicted molar refractivity (Wildman–Crippen MR) is 125 cm³/mol. The summed E-state index contributed by atoms with van der Waals surface area (Å²) in [5.41, 5.74) is 2.26. The summed E-state index contributed by atoms with van der Waals surface area (Å²) in [6.45, 7) is 10.1. The van der Waals surface area contributed by atoms with Gasteiger partial charge in [-0.3, -0.25) is 4.90 Å². The number of halogens is 4. The standard InChI is InChI=1S/C23H26Cl3FN2O2/c1-23(2)14-31-21-17(23)10-15(24)11-20(21)29-7-5-28(6-8-29)4-3-9-30-22-18(25)12-16(27)13-19(22)26/h10-13H,3-9,14H2,1-2H3. The number of benzene rings is 2. The summed E-state index contributed by atoms with van der Waals surface area (Å²) in [4.78, 5) is 4.76. The normalized spacial score (nSPS) is 18.1. The van der Waals surface area contributed by atoms with Gasteiger partial charge in [0.15, 0.2) is 5.75 Å².